The molecule has 3 heteroatoms. The van der Waals surface area contributed by atoms with E-state index in [2.05, 4.69) is 111 Å². The van der Waals surface area contributed by atoms with Gasteiger partial charge in [0.1, 0.15) is 16.7 Å². The van der Waals surface area contributed by atoms with Gasteiger partial charge in [-0.25, -0.2) is 14.0 Å². The number of rotatable bonds is 5. The molecule has 0 aliphatic carbocycles. The molecular formula is C23H32N3+. The van der Waals surface area contributed by atoms with E-state index in [1.165, 1.54) is 28.2 Å². The van der Waals surface area contributed by atoms with Crippen molar-refractivity contribution in [3.05, 3.63) is 54.1 Å². The van der Waals surface area contributed by atoms with Crippen molar-refractivity contribution in [2.24, 2.45) is 0 Å². The van der Waals surface area contributed by atoms with Crippen molar-refractivity contribution in [3.8, 4) is 0 Å². The lowest BCUT2D eigenvalue weighted by atomic mass is 10.0. The fraction of sp³-hybridized carbons (Fsp3) is 0.435. The zero-order chi connectivity index (χ0) is 19.0. The van der Waals surface area contributed by atoms with Gasteiger partial charge in [-0.15, -0.1) is 0 Å². The van der Waals surface area contributed by atoms with E-state index in [1.807, 2.05) is 0 Å². The minimum Gasteiger partial charge on any atom is -0.234 e. The number of hydrogen-bond acceptors (Lipinski definition) is 1. The standard InChI is InChI=1S/C23H32N3/c1-16(2)19-12-8-9-13-20(19)24(7)23-25(17(3)4)21-14-10-11-15-22(21)26(23)18(5)6/h8-18H,1-7H3/q+1. The molecule has 1 aromatic heterocycles. The molecule has 0 saturated carbocycles. The predicted octanol–water partition coefficient (Wildman–Crippen LogP) is 5.98. The maximum absolute atomic E-state index is 2.46. The molecule has 1 heterocycles. The molecule has 0 aliphatic heterocycles. The van der Waals surface area contributed by atoms with Crippen LogP contribution in [0.3, 0.4) is 0 Å². The third-order valence-electron chi connectivity index (χ3n) is 5.08. The van der Waals surface area contributed by atoms with Crippen LogP contribution in [0.1, 0.15) is 65.1 Å². The number of para-hydroxylation sites is 3. The van der Waals surface area contributed by atoms with E-state index in [-0.39, 0.29) is 0 Å². The van der Waals surface area contributed by atoms with Crippen LogP contribution in [0.5, 0.6) is 0 Å². The molecule has 0 fully saturated rings. The fourth-order valence-electron chi connectivity index (χ4n) is 3.93. The topological polar surface area (TPSA) is 12.1 Å². The number of aromatic nitrogens is 2. The highest BCUT2D eigenvalue weighted by atomic mass is 15.4. The van der Waals surface area contributed by atoms with Gasteiger partial charge in [-0.3, -0.25) is 0 Å². The molecule has 0 bridgehead atoms. The Morgan fingerprint density at radius 2 is 1.46 bits per heavy atom. The summed E-state index contributed by atoms with van der Waals surface area (Å²) in [5.74, 6) is 1.72. The van der Waals surface area contributed by atoms with Crippen molar-refractivity contribution in [1.29, 1.82) is 0 Å². The highest BCUT2D eigenvalue weighted by Crippen LogP contribution is 2.34. The average molecular weight is 351 g/mol. The summed E-state index contributed by atoms with van der Waals surface area (Å²) < 4.78 is 4.93. The molecule has 0 N–H and O–H groups in total. The molecule has 3 aromatic rings. The van der Waals surface area contributed by atoms with Gasteiger partial charge in [-0.1, -0.05) is 44.2 Å². The van der Waals surface area contributed by atoms with Gasteiger partial charge < -0.3 is 0 Å². The second-order valence-electron chi connectivity index (χ2n) is 7.99. The fourth-order valence-corrected chi connectivity index (χ4v) is 3.93. The van der Waals surface area contributed by atoms with Crippen LogP contribution < -0.4 is 9.47 Å². The zero-order valence-corrected chi connectivity index (χ0v) is 17.2. The van der Waals surface area contributed by atoms with E-state index < -0.39 is 0 Å². The Bertz CT molecular complexity index is 858. The number of nitrogens with zero attached hydrogens (tertiary/aromatic N) is 3. The quantitative estimate of drug-likeness (QED) is 0.515. The minimum atomic E-state index is 0.378. The largest absolute Gasteiger partial charge is 0.365 e. The van der Waals surface area contributed by atoms with Crippen LogP contribution in [0.2, 0.25) is 0 Å². The predicted molar refractivity (Wildman–Crippen MR) is 111 cm³/mol. The molecule has 0 atom stereocenters. The number of hydrogen-bond donors (Lipinski definition) is 0. The Labute approximate surface area is 157 Å². The summed E-state index contributed by atoms with van der Waals surface area (Å²) in [6, 6.07) is 18.3. The first-order valence-corrected chi connectivity index (χ1v) is 9.71. The van der Waals surface area contributed by atoms with Crippen LogP contribution >= 0.6 is 0 Å². The van der Waals surface area contributed by atoms with Gasteiger partial charge in [0.2, 0.25) is 0 Å². The van der Waals surface area contributed by atoms with Crippen LogP contribution in [0.25, 0.3) is 11.0 Å². The summed E-state index contributed by atoms with van der Waals surface area (Å²) in [5.41, 5.74) is 5.24. The van der Waals surface area contributed by atoms with Crippen molar-refractivity contribution < 1.29 is 4.57 Å². The zero-order valence-electron chi connectivity index (χ0n) is 17.2. The molecule has 26 heavy (non-hydrogen) atoms. The first-order chi connectivity index (χ1) is 12.3. The second-order valence-corrected chi connectivity index (χ2v) is 7.99. The van der Waals surface area contributed by atoms with Gasteiger partial charge in [0, 0.05) is 0 Å². The van der Waals surface area contributed by atoms with E-state index >= 15 is 0 Å². The maximum atomic E-state index is 2.46. The van der Waals surface area contributed by atoms with E-state index in [4.69, 9.17) is 0 Å². The van der Waals surface area contributed by atoms with Crippen LogP contribution in [-0.4, -0.2) is 11.6 Å². The average Bonchev–Trinajstić information content (AvgIpc) is 2.96. The Morgan fingerprint density at radius 3 is 2.08 bits per heavy atom. The minimum absolute atomic E-state index is 0.378. The molecule has 0 unspecified atom stereocenters. The number of imidazole rings is 1. The Hall–Kier alpha value is -2.29. The SMILES string of the molecule is CC(C)c1ccccc1N(C)c1n(C(C)C)c2ccccc2[n+]1C(C)C. The van der Waals surface area contributed by atoms with Gasteiger partial charge >= 0.3 is 5.95 Å². The molecule has 0 aliphatic rings. The smallest absolute Gasteiger partial charge is 0.234 e. The number of benzene rings is 2. The molecule has 0 spiro atoms. The molecule has 0 saturated heterocycles. The number of anilines is 2. The van der Waals surface area contributed by atoms with E-state index in [0.717, 1.165) is 0 Å². The van der Waals surface area contributed by atoms with Crippen molar-refractivity contribution in [2.75, 3.05) is 11.9 Å². The molecule has 3 rings (SSSR count). The van der Waals surface area contributed by atoms with E-state index in [0.29, 0.717) is 18.0 Å². The Kier molecular flexibility index (Phi) is 5.08. The van der Waals surface area contributed by atoms with Gasteiger partial charge in [0.05, 0.1) is 19.1 Å². The summed E-state index contributed by atoms with van der Waals surface area (Å²) in [5, 5.41) is 0. The van der Waals surface area contributed by atoms with Crippen LogP contribution in [0.4, 0.5) is 11.6 Å². The summed E-state index contributed by atoms with van der Waals surface area (Å²) in [6.07, 6.45) is 0. The van der Waals surface area contributed by atoms with Crippen LogP contribution in [-0.2, 0) is 0 Å². The second kappa shape index (κ2) is 7.14. The van der Waals surface area contributed by atoms with Crippen LogP contribution in [0.15, 0.2) is 48.5 Å². The van der Waals surface area contributed by atoms with E-state index in [9.17, 15) is 0 Å². The third kappa shape index (κ3) is 3.00. The lowest BCUT2D eigenvalue weighted by molar-refractivity contribution is -0.679. The summed E-state index contributed by atoms with van der Waals surface area (Å²) >= 11 is 0. The molecule has 0 amide bonds. The normalized spacial score (nSPS) is 11.9. The van der Waals surface area contributed by atoms with Crippen LogP contribution in [0, 0.1) is 0 Å². The molecule has 0 radical (unpaired) electrons. The van der Waals surface area contributed by atoms with Gasteiger partial charge in [-0.05, 0) is 57.4 Å². The molecule has 2 aromatic carbocycles. The molecule has 138 valence electrons. The van der Waals surface area contributed by atoms with Gasteiger partial charge in [0.15, 0.2) is 0 Å². The van der Waals surface area contributed by atoms with Gasteiger partial charge in [-0.2, -0.15) is 0 Å². The summed E-state index contributed by atoms with van der Waals surface area (Å²) in [7, 11) is 2.20. The van der Waals surface area contributed by atoms with Gasteiger partial charge in [0.25, 0.3) is 0 Å². The summed E-state index contributed by atoms with van der Waals surface area (Å²) in [4.78, 5) is 2.37. The highest BCUT2D eigenvalue weighted by molar-refractivity contribution is 5.76. The Morgan fingerprint density at radius 1 is 0.846 bits per heavy atom. The lowest BCUT2D eigenvalue weighted by Gasteiger charge is -2.22. The first kappa shape index (κ1) is 18.5. The third-order valence-corrected chi connectivity index (χ3v) is 5.08. The monoisotopic (exact) mass is 350 g/mol. The highest BCUT2D eigenvalue weighted by Gasteiger charge is 2.32. The maximum Gasteiger partial charge on any atom is 0.365 e. The molecule has 3 nitrogen and oxygen atoms in total. The molecular weight excluding hydrogens is 318 g/mol. The lowest BCUT2D eigenvalue weighted by Crippen LogP contribution is -2.41. The Balaban J connectivity index is 2.34. The summed E-state index contributed by atoms with van der Waals surface area (Å²) in [6.45, 7) is 13.6. The first-order valence-electron chi connectivity index (χ1n) is 9.71. The van der Waals surface area contributed by atoms with Crippen molar-refractivity contribution in [1.82, 2.24) is 4.57 Å². The van der Waals surface area contributed by atoms with Crippen molar-refractivity contribution in [3.63, 3.8) is 0 Å². The van der Waals surface area contributed by atoms with Crippen molar-refractivity contribution >= 4 is 22.7 Å². The van der Waals surface area contributed by atoms with E-state index in [1.54, 1.807) is 0 Å². The van der Waals surface area contributed by atoms with Crippen molar-refractivity contribution in [2.45, 2.75) is 59.5 Å². The number of fused-ring (bicyclic) bond motifs is 1.